The summed E-state index contributed by atoms with van der Waals surface area (Å²) in [5, 5.41) is 56.8. The van der Waals surface area contributed by atoms with Crippen LogP contribution in [0.1, 0.15) is 43.5 Å². The number of aliphatic hydroxyl groups is 4. The molecule has 16 heteroatoms. The van der Waals surface area contributed by atoms with Crippen molar-refractivity contribution in [2.24, 2.45) is 22.9 Å². The van der Waals surface area contributed by atoms with Gasteiger partial charge >= 0.3 is 0 Å². The molecule has 2 aliphatic carbocycles. The minimum Gasteiger partial charge on any atom is -0.389 e. The number of nitrogens with two attached hydrogens (primary N) is 4. The number of aryl methyl sites for hydroxylation is 2. The van der Waals surface area contributed by atoms with E-state index in [4.69, 9.17) is 32.4 Å². The molecule has 0 saturated heterocycles. The quantitative estimate of drug-likeness (QED) is 0.116. The first-order chi connectivity index (χ1) is 18.6. The molecule has 10 atom stereocenters. The molecule has 0 spiro atoms. The Bertz CT molecular complexity index is 947. The molecular weight excluding hydrogens is 512 g/mol. The van der Waals surface area contributed by atoms with E-state index < -0.39 is 60.8 Å². The van der Waals surface area contributed by atoms with Gasteiger partial charge in [0, 0.05) is 37.3 Å². The molecule has 0 aliphatic heterocycles. The SMILES string of the molecule is N[C@@H]1C[C@H](N)[C@@H](OCc2cn(CCCCCn3cc(CO[C@H]4[C@H](O)[C@@H](O)[C@H](N)C[C@@H]4N)nn3)nn2)[C@H](O)[C@H]1O. The molecule has 2 aromatic heterocycles. The van der Waals surface area contributed by atoms with Crippen molar-refractivity contribution >= 4 is 0 Å². The van der Waals surface area contributed by atoms with Crippen LogP contribution < -0.4 is 22.9 Å². The van der Waals surface area contributed by atoms with Gasteiger partial charge in [-0.1, -0.05) is 10.4 Å². The average molecular weight is 555 g/mol. The summed E-state index contributed by atoms with van der Waals surface area (Å²) in [5.41, 5.74) is 24.8. The number of nitrogens with zero attached hydrogens (tertiary/aromatic N) is 6. The molecule has 4 rings (SSSR count). The van der Waals surface area contributed by atoms with E-state index in [2.05, 4.69) is 20.6 Å². The maximum Gasteiger partial charge on any atom is 0.109 e. The number of aliphatic hydroxyl groups excluding tert-OH is 4. The lowest BCUT2D eigenvalue weighted by Crippen LogP contribution is -2.61. The molecule has 0 unspecified atom stereocenters. The van der Waals surface area contributed by atoms with E-state index in [9.17, 15) is 20.4 Å². The third-order valence-corrected chi connectivity index (χ3v) is 7.48. The fourth-order valence-electron chi connectivity index (χ4n) is 5.14. The fourth-order valence-corrected chi connectivity index (χ4v) is 5.14. The smallest absolute Gasteiger partial charge is 0.109 e. The lowest BCUT2D eigenvalue weighted by Gasteiger charge is -2.39. The van der Waals surface area contributed by atoms with Crippen LogP contribution in [-0.4, -0.2) is 111 Å². The van der Waals surface area contributed by atoms with Gasteiger partial charge in [-0.15, -0.1) is 10.2 Å². The summed E-state index contributed by atoms with van der Waals surface area (Å²) in [5.74, 6) is 0. The third-order valence-electron chi connectivity index (χ3n) is 7.48. The molecule has 12 N–H and O–H groups in total. The van der Waals surface area contributed by atoms with Crippen molar-refractivity contribution in [3.63, 3.8) is 0 Å². The highest BCUT2D eigenvalue weighted by atomic mass is 16.5. The van der Waals surface area contributed by atoms with Gasteiger partial charge in [-0.05, 0) is 32.1 Å². The minimum atomic E-state index is -1.15. The van der Waals surface area contributed by atoms with Gasteiger partial charge in [-0.2, -0.15) is 0 Å². The monoisotopic (exact) mass is 554 g/mol. The van der Waals surface area contributed by atoms with E-state index in [1.807, 2.05) is 0 Å². The zero-order chi connectivity index (χ0) is 28.1. The van der Waals surface area contributed by atoms with Gasteiger partial charge < -0.3 is 52.8 Å². The first kappa shape index (κ1) is 29.9. The molecule has 0 aromatic carbocycles. The Labute approximate surface area is 226 Å². The molecule has 39 heavy (non-hydrogen) atoms. The van der Waals surface area contributed by atoms with Crippen LogP contribution in [0.3, 0.4) is 0 Å². The van der Waals surface area contributed by atoms with Crippen LogP contribution in [0.4, 0.5) is 0 Å². The Morgan fingerprint density at radius 2 is 1.05 bits per heavy atom. The number of aromatic nitrogens is 6. The van der Waals surface area contributed by atoms with Gasteiger partial charge in [0.05, 0.1) is 37.8 Å². The normalized spacial score (nSPS) is 35.4. The average Bonchev–Trinajstić information content (AvgIpc) is 3.55. The van der Waals surface area contributed by atoms with Crippen LogP contribution in [0.5, 0.6) is 0 Å². The molecule has 220 valence electrons. The number of ether oxygens (including phenoxy) is 2. The minimum absolute atomic E-state index is 0.121. The van der Waals surface area contributed by atoms with Gasteiger partial charge in [-0.25, -0.2) is 0 Å². The van der Waals surface area contributed by atoms with Crippen LogP contribution >= 0.6 is 0 Å². The van der Waals surface area contributed by atoms with E-state index in [1.165, 1.54) is 0 Å². The second-order valence-corrected chi connectivity index (χ2v) is 10.6. The van der Waals surface area contributed by atoms with Gasteiger partial charge in [0.25, 0.3) is 0 Å². The summed E-state index contributed by atoms with van der Waals surface area (Å²) in [7, 11) is 0. The molecule has 0 amide bonds. The predicted molar refractivity (Wildman–Crippen MR) is 136 cm³/mol. The number of rotatable bonds is 12. The largest absolute Gasteiger partial charge is 0.389 e. The topological polar surface area (TPSA) is 265 Å². The van der Waals surface area contributed by atoms with Crippen LogP contribution in [0.2, 0.25) is 0 Å². The summed E-state index contributed by atoms with van der Waals surface area (Å²) in [6, 6.07) is -2.10. The van der Waals surface area contributed by atoms with Crippen molar-refractivity contribution in [1.82, 2.24) is 30.0 Å². The molecule has 2 heterocycles. The van der Waals surface area contributed by atoms with Crippen molar-refractivity contribution < 1.29 is 29.9 Å². The first-order valence-corrected chi connectivity index (χ1v) is 13.4. The molecule has 2 fully saturated rings. The summed E-state index contributed by atoms with van der Waals surface area (Å²) < 4.78 is 14.9. The highest BCUT2D eigenvalue weighted by Crippen LogP contribution is 2.23. The maximum atomic E-state index is 10.2. The van der Waals surface area contributed by atoms with E-state index in [-0.39, 0.29) is 13.2 Å². The van der Waals surface area contributed by atoms with E-state index in [0.29, 0.717) is 37.3 Å². The predicted octanol–water partition coefficient (Wildman–Crippen LogP) is -3.93. The standard InChI is InChI=1S/C23H42N10O6/c24-14-6-16(26)22(20(36)18(14)34)38-10-12-8-32(30-28-12)4-2-1-3-5-33-9-13(29-31-33)11-39-23-17(27)7-15(25)19(35)21(23)37/h8-9,14-23,34-37H,1-7,10-11,24-27H2/t14-,15-,16+,17+,18+,19+,20-,21-,22-,23-/m1/s1. The second-order valence-electron chi connectivity index (χ2n) is 10.6. The molecule has 0 bridgehead atoms. The highest BCUT2D eigenvalue weighted by molar-refractivity contribution is 5.00. The molecule has 16 nitrogen and oxygen atoms in total. The Morgan fingerprint density at radius 3 is 1.46 bits per heavy atom. The van der Waals surface area contributed by atoms with Crippen molar-refractivity contribution in [3.8, 4) is 0 Å². The Balaban J connectivity index is 1.12. The molecule has 2 saturated carbocycles. The van der Waals surface area contributed by atoms with Crippen molar-refractivity contribution in [2.45, 2.75) is 119 Å². The second kappa shape index (κ2) is 13.5. The first-order valence-electron chi connectivity index (χ1n) is 13.4. The van der Waals surface area contributed by atoms with Gasteiger partial charge in [0.15, 0.2) is 0 Å². The summed E-state index contributed by atoms with van der Waals surface area (Å²) >= 11 is 0. The van der Waals surface area contributed by atoms with Gasteiger partial charge in [0.1, 0.15) is 35.8 Å². The van der Waals surface area contributed by atoms with Gasteiger partial charge in [0.2, 0.25) is 0 Å². The Morgan fingerprint density at radius 1 is 0.641 bits per heavy atom. The summed E-state index contributed by atoms with van der Waals surface area (Å²) in [4.78, 5) is 0. The van der Waals surface area contributed by atoms with Crippen LogP contribution in [-0.2, 0) is 35.8 Å². The molecule has 2 aromatic rings. The Kier molecular flexibility index (Phi) is 10.3. The number of hydrogen-bond donors (Lipinski definition) is 8. The zero-order valence-electron chi connectivity index (χ0n) is 21.9. The number of hydrogen-bond acceptors (Lipinski definition) is 14. The van der Waals surface area contributed by atoms with Crippen molar-refractivity contribution in [1.29, 1.82) is 0 Å². The maximum absolute atomic E-state index is 10.2. The van der Waals surface area contributed by atoms with E-state index >= 15 is 0 Å². The third kappa shape index (κ3) is 7.55. The van der Waals surface area contributed by atoms with Gasteiger partial charge in [-0.3, -0.25) is 9.36 Å². The van der Waals surface area contributed by atoms with Crippen LogP contribution in [0, 0.1) is 0 Å². The van der Waals surface area contributed by atoms with Crippen LogP contribution in [0.25, 0.3) is 0 Å². The lowest BCUT2D eigenvalue weighted by molar-refractivity contribution is -0.132. The highest BCUT2D eigenvalue weighted by Gasteiger charge is 2.42. The van der Waals surface area contributed by atoms with Crippen molar-refractivity contribution in [3.05, 3.63) is 23.8 Å². The van der Waals surface area contributed by atoms with E-state index in [1.54, 1.807) is 21.8 Å². The van der Waals surface area contributed by atoms with Crippen LogP contribution in [0.15, 0.2) is 12.4 Å². The fraction of sp³-hybridized carbons (Fsp3) is 0.826. The zero-order valence-corrected chi connectivity index (χ0v) is 21.9. The summed E-state index contributed by atoms with van der Waals surface area (Å²) in [6.07, 6.45) is 1.09. The molecular formula is C23H42N10O6. The lowest BCUT2D eigenvalue weighted by atomic mass is 9.85. The molecule has 2 aliphatic rings. The number of unbranched alkanes of at least 4 members (excludes halogenated alkanes) is 2. The summed E-state index contributed by atoms with van der Waals surface area (Å²) in [6.45, 7) is 1.61. The van der Waals surface area contributed by atoms with E-state index in [0.717, 1.165) is 19.3 Å². The van der Waals surface area contributed by atoms with Crippen molar-refractivity contribution in [2.75, 3.05) is 0 Å². The Hall–Kier alpha value is -2.12. The molecule has 0 radical (unpaired) electrons.